The number of halogens is 2. The van der Waals surface area contributed by atoms with Crippen LogP contribution in [0.3, 0.4) is 0 Å². The van der Waals surface area contributed by atoms with Crippen LogP contribution >= 0.6 is 31.9 Å². The Kier molecular flexibility index (Phi) is 7.05. The van der Waals surface area contributed by atoms with Gasteiger partial charge in [0.05, 0.1) is 0 Å². The third kappa shape index (κ3) is 5.02. The minimum Gasteiger partial charge on any atom is -0.102 e. The van der Waals surface area contributed by atoms with Gasteiger partial charge < -0.3 is 0 Å². The summed E-state index contributed by atoms with van der Waals surface area (Å²) in [6, 6.07) is 0. The lowest BCUT2D eigenvalue weighted by Crippen LogP contribution is -1.89. The van der Waals surface area contributed by atoms with Crippen LogP contribution in [-0.2, 0) is 0 Å². The fourth-order valence-corrected chi connectivity index (χ4v) is 0.982. The highest BCUT2D eigenvalue weighted by molar-refractivity contribution is 9.09. The maximum absolute atomic E-state index is 3.33. The molecule has 3 heteroatoms. The van der Waals surface area contributed by atoms with Gasteiger partial charge in [-0.3, -0.25) is 0 Å². The molecule has 0 spiro atoms. The van der Waals surface area contributed by atoms with Gasteiger partial charge >= 0.3 is 0 Å². The van der Waals surface area contributed by atoms with E-state index >= 15 is 0 Å². The molecule has 0 heterocycles. The van der Waals surface area contributed by atoms with Crippen molar-refractivity contribution < 1.29 is 0 Å². The fourth-order valence-electron chi connectivity index (χ4n) is 0.189. The molecule has 6 heavy (non-hydrogen) atoms. The number of rotatable bonds is 3. The van der Waals surface area contributed by atoms with E-state index in [-0.39, 0.29) is 0 Å². The minimum absolute atomic E-state index is 1.14. The zero-order valence-electron chi connectivity index (χ0n) is 3.58. The first kappa shape index (κ1) is 7.02. The van der Waals surface area contributed by atoms with Crippen molar-refractivity contribution in [3.63, 3.8) is 0 Å². The standard InChI is InChI=1S/C3H7BBr2/c5-2-1-4-3-6/h4H,1-3H2. The lowest BCUT2D eigenvalue weighted by molar-refractivity contribution is 1.50. The van der Waals surface area contributed by atoms with Crippen molar-refractivity contribution in [1.82, 2.24) is 0 Å². The van der Waals surface area contributed by atoms with Gasteiger partial charge in [0.25, 0.3) is 0 Å². The van der Waals surface area contributed by atoms with Gasteiger partial charge in [-0.1, -0.05) is 22.3 Å². The van der Waals surface area contributed by atoms with Crippen LogP contribution in [0.2, 0.25) is 6.32 Å². The molecule has 0 rings (SSSR count). The summed E-state index contributed by atoms with van der Waals surface area (Å²) in [7, 11) is 1.28. The predicted molar refractivity (Wildman–Crippen MR) is 39.5 cm³/mol. The van der Waals surface area contributed by atoms with Crippen LogP contribution in [0.25, 0.3) is 0 Å². The number of hydrogen-bond donors (Lipinski definition) is 0. The van der Waals surface area contributed by atoms with Crippen LogP contribution in [0.5, 0.6) is 0 Å². The van der Waals surface area contributed by atoms with Gasteiger partial charge in [-0.25, -0.2) is 0 Å². The van der Waals surface area contributed by atoms with E-state index in [4.69, 9.17) is 0 Å². The second-order valence-corrected chi connectivity index (χ2v) is 2.67. The molecule has 0 saturated heterocycles. The Labute approximate surface area is 56.2 Å². The van der Waals surface area contributed by atoms with Crippen molar-refractivity contribution >= 4 is 39.1 Å². The Morgan fingerprint density at radius 1 is 1.33 bits per heavy atom. The molecule has 0 fully saturated rings. The van der Waals surface area contributed by atoms with Crippen molar-refractivity contribution in [2.24, 2.45) is 0 Å². The zero-order valence-corrected chi connectivity index (χ0v) is 6.76. The van der Waals surface area contributed by atoms with Crippen LogP contribution < -0.4 is 0 Å². The largest absolute Gasteiger partial charge is 0.134 e. The Morgan fingerprint density at radius 3 is 2.17 bits per heavy atom. The molecule has 0 amide bonds. The van der Waals surface area contributed by atoms with Crippen LogP contribution in [-0.4, -0.2) is 17.8 Å². The van der Waals surface area contributed by atoms with Gasteiger partial charge in [0, 0.05) is 0 Å². The number of hydrogen-bond acceptors (Lipinski definition) is 0. The Hall–Kier alpha value is 1.02. The molecule has 0 radical (unpaired) electrons. The maximum atomic E-state index is 3.33. The summed E-state index contributed by atoms with van der Waals surface area (Å²) in [5.41, 5.74) is 0. The molecule has 0 unspecified atom stereocenters. The summed E-state index contributed by atoms with van der Waals surface area (Å²) in [5.74, 6) is 0. The minimum atomic E-state index is 1.14. The maximum Gasteiger partial charge on any atom is 0.134 e. The second kappa shape index (κ2) is 6.02. The normalized spacial score (nSPS) is 8.33. The highest BCUT2D eigenvalue weighted by Gasteiger charge is 1.81. The number of alkyl halides is 2. The van der Waals surface area contributed by atoms with Crippen molar-refractivity contribution in [1.29, 1.82) is 0 Å². The topological polar surface area (TPSA) is 0 Å². The first-order chi connectivity index (χ1) is 2.91. The summed E-state index contributed by atoms with van der Waals surface area (Å²) >= 11 is 6.66. The van der Waals surface area contributed by atoms with E-state index in [9.17, 15) is 0 Å². The van der Waals surface area contributed by atoms with E-state index in [1.54, 1.807) is 0 Å². The van der Waals surface area contributed by atoms with Gasteiger partial charge in [-0.05, 0) is 10.6 Å². The zero-order chi connectivity index (χ0) is 4.83. The van der Waals surface area contributed by atoms with E-state index in [1.807, 2.05) is 0 Å². The van der Waals surface area contributed by atoms with Crippen LogP contribution in [0.1, 0.15) is 0 Å². The molecule has 0 aliphatic heterocycles. The Morgan fingerprint density at radius 2 is 2.00 bits per heavy atom. The molecule has 0 atom stereocenters. The van der Waals surface area contributed by atoms with Gasteiger partial charge in [0.15, 0.2) is 0 Å². The molecule has 0 aromatic carbocycles. The average molecular weight is 214 g/mol. The van der Waals surface area contributed by atoms with Crippen LogP contribution in [0.15, 0.2) is 0 Å². The summed E-state index contributed by atoms with van der Waals surface area (Å²) in [6.07, 6.45) is 1.28. The highest BCUT2D eigenvalue weighted by atomic mass is 79.9. The molecule has 0 saturated carbocycles. The summed E-state index contributed by atoms with van der Waals surface area (Å²) in [5, 5.41) is 2.28. The van der Waals surface area contributed by atoms with E-state index in [0.29, 0.717) is 0 Å². The van der Waals surface area contributed by atoms with Gasteiger partial charge in [-0.15, -0.1) is 15.9 Å². The van der Waals surface area contributed by atoms with Gasteiger partial charge in [-0.2, -0.15) is 0 Å². The molecule has 0 bridgehead atoms. The predicted octanol–water partition coefficient (Wildman–Crippen LogP) is 1.59. The lowest BCUT2D eigenvalue weighted by Gasteiger charge is -1.80. The lowest BCUT2D eigenvalue weighted by atomic mass is 9.79. The SMILES string of the molecule is BrCBCCBr. The first-order valence-corrected chi connectivity index (χ1v) is 4.28. The molecular formula is C3H7BBr2. The molecule has 0 N–H and O–H groups in total. The van der Waals surface area contributed by atoms with E-state index in [0.717, 1.165) is 10.6 Å². The van der Waals surface area contributed by atoms with E-state index in [1.165, 1.54) is 13.6 Å². The van der Waals surface area contributed by atoms with E-state index in [2.05, 4.69) is 31.9 Å². The fraction of sp³-hybridized carbons (Fsp3) is 1.00. The van der Waals surface area contributed by atoms with Gasteiger partial charge in [0.2, 0.25) is 0 Å². The van der Waals surface area contributed by atoms with Gasteiger partial charge in [0.1, 0.15) is 7.28 Å². The Bertz CT molecular complexity index is 20.8. The molecular weight excluding hydrogens is 207 g/mol. The van der Waals surface area contributed by atoms with Crippen molar-refractivity contribution in [3.05, 3.63) is 0 Å². The highest BCUT2D eigenvalue weighted by Crippen LogP contribution is 1.87. The molecule has 0 nitrogen and oxygen atoms in total. The van der Waals surface area contributed by atoms with E-state index < -0.39 is 0 Å². The van der Waals surface area contributed by atoms with Crippen molar-refractivity contribution in [3.8, 4) is 0 Å². The summed E-state index contributed by atoms with van der Waals surface area (Å²) in [4.78, 5) is 0. The van der Waals surface area contributed by atoms with Crippen LogP contribution in [0, 0.1) is 0 Å². The quantitative estimate of drug-likeness (QED) is 0.380. The average Bonchev–Trinajstić information content (AvgIpc) is 1.61. The molecule has 36 valence electrons. The second-order valence-electron chi connectivity index (χ2n) is 1.09. The third-order valence-corrected chi connectivity index (χ3v) is 1.64. The molecule has 0 aromatic heterocycles. The summed E-state index contributed by atoms with van der Waals surface area (Å²) in [6.45, 7) is 0. The first-order valence-electron chi connectivity index (χ1n) is 2.03. The smallest absolute Gasteiger partial charge is 0.102 e. The monoisotopic (exact) mass is 212 g/mol. The third-order valence-electron chi connectivity index (χ3n) is 0.517. The Balaban J connectivity index is 2.34. The summed E-state index contributed by atoms with van der Waals surface area (Å²) < 4.78 is 0. The van der Waals surface area contributed by atoms with Crippen molar-refractivity contribution in [2.45, 2.75) is 6.32 Å². The molecule has 0 aromatic rings. The molecule has 0 aliphatic carbocycles. The van der Waals surface area contributed by atoms with Crippen molar-refractivity contribution in [2.75, 3.05) is 10.6 Å². The van der Waals surface area contributed by atoms with Crippen LogP contribution in [0.4, 0.5) is 0 Å². The molecule has 0 aliphatic rings.